The van der Waals surface area contributed by atoms with Gasteiger partial charge >= 0.3 is 6.92 Å². The lowest BCUT2D eigenvalue weighted by atomic mass is 9.51. The van der Waals surface area contributed by atoms with Gasteiger partial charge in [0.1, 0.15) is 17.2 Å². The summed E-state index contributed by atoms with van der Waals surface area (Å²) in [5.74, 6) is 2.58. The molecule has 9 rings (SSSR count). The van der Waals surface area contributed by atoms with Gasteiger partial charge in [0.05, 0.1) is 11.0 Å². The first-order chi connectivity index (χ1) is 19.8. The van der Waals surface area contributed by atoms with Crippen LogP contribution in [0.25, 0.3) is 49.7 Å². The first-order valence-electron chi connectivity index (χ1n) is 13.6. The molecule has 0 spiro atoms. The van der Waals surface area contributed by atoms with Gasteiger partial charge in [0.15, 0.2) is 0 Å². The minimum Gasteiger partial charge on any atom is -0.551 e. The van der Waals surface area contributed by atoms with Gasteiger partial charge in [0, 0.05) is 39.0 Å². The van der Waals surface area contributed by atoms with Gasteiger partial charge in [-0.25, -0.2) is 0 Å². The van der Waals surface area contributed by atoms with Crippen LogP contribution in [0.5, 0.6) is 17.2 Å². The molecule has 6 aromatic carbocycles. The van der Waals surface area contributed by atoms with E-state index < -0.39 is 0 Å². The predicted molar refractivity (Wildman–Crippen MR) is 164 cm³/mol. The average molecular weight is 511 g/mol. The summed E-state index contributed by atoms with van der Waals surface area (Å²) in [6.07, 6.45) is 0. The number of fused-ring (bicyclic) bond motifs is 7. The van der Waals surface area contributed by atoms with Crippen LogP contribution in [-0.2, 0) is 0 Å². The smallest absolute Gasteiger partial charge is 0.434 e. The van der Waals surface area contributed by atoms with Crippen molar-refractivity contribution in [3.05, 3.63) is 133 Å². The van der Waals surface area contributed by atoms with E-state index in [0.717, 1.165) is 39.4 Å². The van der Waals surface area contributed by atoms with E-state index in [0.29, 0.717) is 0 Å². The molecule has 7 aromatic rings. The summed E-state index contributed by atoms with van der Waals surface area (Å²) in [6.45, 7) is -0.225. The molecule has 4 heteroatoms. The number of hydrogen-bond donors (Lipinski definition) is 0. The number of ether oxygens (including phenoxy) is 1. The highest BCUT2D eigenvalue weighted by Gasteiger charge is 2.40. The molecule has 0 saturated heterocycles. The molecule has 2 aliphatic heterocycles. The van der Waals surface area contributed by atoms with Crippen molar-refractivity contribution < 1.29 is 9.39 Å². The highest BCUT2D eigenvalue weighted by atomic mass is 16.5. The number of nitrogens with zero attached hydrogens (tertiary/aromatic N) is 1. The van der Waals surface area contributed by atoms with Crippen molar-refractivity contribution in [1.82, 2.24) is 4.57 Å². The van der Waals surface area contributed by atoms with Crippen molar-refractivity contribution in [1.29, 1.82) is 0 Å². The standard InChI is InChI=1S/C36H22BNO2/c1-2-9-23(10-3-1)24-17-20-33-29(21-24)28-13-8-16-34-36(28)37(40-33)30-19-18-25(22-35(30)39-34)38-31-14-6-4-11-26(31)27-12-5-7-15-32(27)38/h1-22H. The second kappa shape index (κ2) is 8.14. The van der Waals surface area contributed by atoms with E-state index in [1.807, 2.05) is 6.07 Å². The topological polar surface area (TPSA) is 23.4 Å². The zero-order chi connectivity index (χ0) is 26.2. The third-order valence-electron chi connectivity index (χ3n) is 8.29. The Hall–Kier alpha value is -5.22. The summed E-state index contributed by atoms with van der Waals surface area (Å²) in [7, 11) is 0. The van der Waals surface area contributed by atoms with Crippen molar-refractivity contribution in [2.45, 2.75) is 0 Å². The Morgan fingerprint density at radius 2 is 1.25 bits per heavy atom. The fourth-order valence-electron chi connectivity index (χ4n) is 6.48. The number of aromatic nitrogens is 1. The SMILES string of the molecule is c1ccc(-c2ccc3c(c2)-c2cccc4c2B(O3)c2ccc(-n3c5ccccc5c5ccccc53)cc2O4)cc1. The van der Waals surface area contributed by atoms with Crippen LogP contribution in [0.1, 0.15) is 0 Å². The Bertz CT molecular complexity index is 2080. The molecule has 0 fully saturated rings. The summed E-state index contributed by atoms with van der Waals surface area (Å²) in [4.78, 5) is 0. The summed E-state index contributed by atoms with van der Waals surface area (Å²) in [6, 6.07) is 46.9. The molecule has 3 nitrogen and oxygen atoms in total. The highest BCUT2D eigenvalue weighted by molar-refractivity contribution is 6.84. The highest BCUT2D eigenvalue weighted by Crippen LogP contribution is 2.41. The fourth-order valence-corrected chi connectivity index (χ4v) is 6.48. The van der Waals surface area contributed by atoms with E-state index in [1.54, 1.807) is 0 Å². The Morgan fingerprint density at radius 1 is 0.500 bits per heavy atom. The van der Waals surface area contributed by atoms with Gasteiger partial charge in [-0.05, 0) is 53.1 Å². The Kier molecular flexibility index (Phi) is 4.41. The third-order valence-corrected chi connectivity index (χ3v) is 8.29. The van der Waals surface area contributed by atoms with Crippen molar-refractivity contribution >= 4 is 39.6 Å². The minimum absolute atomic E-state index is 0.225. The van der Waals surface area contributed by atoms with E-state index in [-0.39, 0.29) is 6.92 Å². The minimum atomic E-state index is -0.225. The maximum absolute atomic E-state index is 6.74. The van der Waals surface area contributed by atoms with Gasteiger partial charge in [-0.2, -0.15) is 0 Å². The van der Waals surface area contributed by atoms with Crippen molar-refractivity contribution in [3.8, 4) is 45.2 Å². The summed E-state index contributed by atoms with van der Waals surface area (Å²) < 4.78 is 15.7. The zero-order valence-electron chi connectivity index (χ0n) is 21.5. The van der Waals surface area contributed by atoms with E-state index in [9.17, 15) is 0 Å². The molecule has 0 radical (unpaired) electrons. The molecular formula is C36H22BNO2. The molecular weight excluding hydrogens is 489 g/mol. The van der Waals surface area contributed by atoms with Gasteiger partial charge in [-0.3, -0.25) is 0 Å². The molecule has 0 N–H and O–H groups in total. The normalized spacial score (nSPS) is 12.8. The lowest BCUT2D eigenvalue weighted by molar-refractivity contribution is 0.479. The van der Waals surface area contributed by atoms with Crippen LogP contribution in [0.4, 0.5) is 0 Å². The summed E-state index contributed by atoms with van der Waals surface area (Å²) in [5.41, 5.74) is 10.2. The number of rotatable bonds is 2. The van der Waals surface area contributed by atoms with E-state index >= 15 is 0 Å². The van der Waals surface area contributed by atoms with E-state index in [2.05, 4.69) is 132 Å². The Labute approximate surface area is 232 Å². The van der Waals surface area contributed by atoms with Crippen LogP contribution < -0.4 is 20.3 Å². The largest absolute Gasteiger partial charge is 0.551 e. The van der Waals surface area contributed by atoms with Crippen LogP contribution in [0.3, 0.4) is 0 Å². The molecule has 0 amide bonds. The van der Waals surface area contributed by atoms with Gasteiger partial charge in [0.25, 0.3) is 0 Å². The number of para-hydroxylation sites is 2. The molecule has 0 aliphatic carbocycles. The van der Waals surface area contributed by atoms with Gasteiger partial charge in [-0.15, -0.1) is 0 Å². The summed E-state index contributed by atoms with van der Waals surface area (Å²) >= 11 is 0. The van der Waals surface area contributed by atoms with Gasteiger partial charge in [0.2, 0.25) is 0 Å². The molecule has 0 unspecified atom stereocenters. The summed E-state index contributed by atoms with van der Waals surface area (Å²) in [5, 5.41) is 2.49. The van der Waals surface area contributed by atoms with Crippen LogP contribution in [-0.4, -0.2) is 11.5 Å². The Morgan fingerprint density at radius 3 is 2.05 bits per heavy atom. The van der Waals surface area contributed by atoms with Gasteiger partial charge in [-0.1, -0.05) is 91.0 Å². The fraction of sp³-hybridized carbons (Fsp3) is 0. The van der Waals surface area contributed by atoms with E-state index in [4.69, 9.17) is 9.39 Å². The van der Waals surface area contributed by atoms with Crippen molar-refractivity contribution in [3.63, 3.8) is 0 Å². The molecule has 186 valence electrons. The van der Waals surface area contributed by atoms with Crippen LogP contribution in [0, 0.1) is 0 Å². The number of benzene rings is 6. The Balaban J connectivity index is 1.19. The first kappa shape index (κ1) is 21.7. The molecule has 2 aliphatic rings. The van der Waals surface area contributed by atoms with Crippen molar-refractivity contribution in [2.75, 3.05) is 0 Å². The lowest BCUT2D eigenvalue weighted by Gasteiger charge is -2.33. The van der Waals surface area contributed by atoms with Gasteiger partial charge < -0.3 is 14.0 Å². The maximum Gasteiger partial charge on any atom is 0.434 e. The van der Waals surface area contributed by atoms with Crippen LogP contribution >= 0.6 is 0 Å². The second-order valence-electron chi connectivity index (χ2n) is 10.5. The monoisotopic (exact) mass is 511 g/mol. The molecule has 40 heavy (non-hydrogen) atoms. The average Bonchev–Trinajstić information content (AvgIpc) is 3.36. The van der Waals surface area contributed by atoms with Crippen LogP contribution in [0.2, 0.25) is 0 Å². The first-order valence-corrected chi connectivity index (χ1v) is 13.6. The van der Waals surface area contributed by atoms with Crippen LogP contribution in [0.15, 0.2) is 133 Å². The molecule has 0 atom stereocenters. The molecule has 1 aromatic heterocycles. The zero-order valence-corrected chi connectivity index (χ0v) is 21.5. The predicted octanol–water partition coefficient (Wildman–Crippen LogP) is 7.72. The maximum atomic E-state index is 6.74. The quantitative estimate of drug-likeness (QED) is 0.222. The molecule has 3 heterocycles. The second-order valence-corrected chi connectivity index (χ2v) is 10.5. The molecule has 0 saturated carbocycles. The van der Waals surface area contributed by atoms with E-state index in [1.165, 1.54) is 38.5 Å². The third kappa shape index (κ3) is 3.02. The lowest BCUT2D eigenvalue weighted by Crippen LogP contribution is -2.53. The molecule has 0 bridgehead atoms. The number of hydrogen-bond acceptors (Lipinski definition) is 2. The van der Waals surface area contributed by atoms with Crippen molar-refractivity contribution in [2.24, 2.45) is 0 Å².